The van der Waals surface area contributed by atoms with Crippen LogP contribution in [0, 0.1) is 12.8 Å². The summed E-state index contributed by atoms with van der Waals surface area (Å²) in [4.78, 5) is 7.67. The van der Waals surface area contributed by atoms with E-state index in [0.717, 1.165) is 22.5 Å². The van der Waals surface area contributed by atoms with E-state index in [0.29, 0.717) is 12.0 Å². The van der Waals surface area contributed by atoms with E-state index in [1.54, 1.807) is 0 Å². The van der Waals surface area contributed by atoms with Crippen LogP contribution in [0.3, 0.4) is 0 Å². The fourth-order valence-corrected chi connectivity index (χ4v) is 1.99. The molecular formula is C14H21N3. The van der Waals surface area contributed by atoms with Gasteiger partial charge in [-0.25, -0.2) is 4.98 Å². The minimum Gasteiger partial charge on any atom is -0.382 e. The van der Waals surface area contributed by atoms with Crippen LogP contribution in [0.5, 0.6) is 0 Å². The lowest BCUT2D eigenvalue weighted by atomic mass is 10.0. The molecule has 0 aliphatic rings. The largest absolute Gasteiger partial charge is 0.382 e. The number of rotatable bonds is 4. The first-order valence-corrected chi connectivity index (χ1v) is 6.33. The van der Waals surface area contributed by atoms with E-state index in [1.807, 2.05) is 6.92 Å². The second-order valence-electron chi connectivity index (χ2n) is 4.87. The van der Waals surface area contributed by atoms with Gasteiger partial charge in [-0.05, 0) is 38.0 Å². The molecule has 3 nitrogen and oxygen atoms in total. The highest BCUT2D eigenvalue weighted by Crippen LogP contribution is 2.19. The third kappa shape index (κ3) is 2.60. The molecule has 0 amide bonds. The number of imidazole rings is 1. The molecule has 2 rings (SSSR count). The van der Waals surface area contributed by atoms with Gasteiger partial charge in [0.05, 0.1) is 11.0 Å². The maximum atomic E-state index is 4.40. The van der Waals surface area contributed by atoms with Crippen LogP contribution < -0.4 is 5.32 Å². The van der Waals surface area contributed by atoms with Crippen molar-refractivity contribution in [2.24, 2.45) is 5.92 Å². The van der Waals surface area contributed by atoms with E-state index in [1.165, 1.54) is 6.42 Å². The molecule has 0 aliphatic carbocycles. The Kier molecular flexibility index (Phi) is 3.36. The van der Waals surface area contributed by atoms with Crippen molar-refractivity contribution in [2.45, 2.75) is 40.2 Å². The van der Waals surface area contributed by atoms with Gasteiger partial charge in [-0.2, -0.15) is 0 Å². The molecule has 0 fully saturated rings. The van der Waals surface area contributed by atoms with E-state index >= 15 is 0 Å². The number of aromatic amines is 1. The highest BCUT2D eigenvalue weighted by molar-refractivity contribution is 5.79. The first kappa shape index (κ1) is 12.0. The summed E-state index contributed by atoms with van der Waals surface area (Å²) in [6, 6.07) is 6.78. The van der Waals surface area contributed by atoms with Crippen molar-refractivity contribution in [3.8, 4) is 0 Å². The fraction of sp³-hybridized carbons (Fsp3) is 0.500. The average Bonchev–Trinajstić information content (AvgIpc) is 2.67. The van der Waals surface area contributed by atoms with E-state index in [9.17, 15) is 0 Å². The molecule has 3 heteroatoms. The summed E-state index contributed by atoms with van der Waals surface area (Å²) in [6.07, 6.45) is 1.19. The van der Waals surface area contributed by atoms with Crippen molar-refractivity contribution in [1.29, 1.82) is 0 Å². The summed E-state index contributed by atoms with van der Waals surface area (Å²) in [5.41, 5.74) is 3.29. The zero-order valence-corrected chi connectivity index (χ0v) is 11.0. The molecule has 0 aliphatic heterocycles. The molecule has 1 aromatic heterocycles. The Bertz CT molecular complexity index is 501. The van der Waals surface area contributed by atoms with E-state index in [-0.39, 0.29) is 0 Å². The SMILES string of the molecule is CCC(C)C(C)Nc1ccc2nc(C)[nH]c2c1. The predicted octanol–water partition coefficient (Wildman–Crippen LogP) is 3.72. The summed E-state index contributed by atoms with van der Waals surface area (Å²) in [7, 11) is 0. The summed E-state index contributed by atoms with van der Waals surface area (Å²) >= 11 is 0. The lowest BCUT2D eigenvalue weighted by molar-refractivity contribution is 0.495. The molecule has 0 saturated heterocycles. The van der Waals surface area contributed by atoms with Crippen LogP contribution >= 0.6 is 0 Å². The zero-order valence-electron chi connectivity index (χ0n) is 11.0. The van der Waals surface area contributed by atoms with Crippen LogP contribution in [-0.4, -0.2) is 16.0 Å². The van der Waals surface area contributed by atoms with Crippen LogP contribution in [-0.2, 0) is 0 Å². The Hall–Kier alpha value is -1.51. The maximum absolute atomic E-state index is 4.40. The third-order valence-corrected chi connectivity index (χ3v) is 3.49. The van der Waals surface area contributed by atoms with Crippen molar-refractivity contribution >= 4 is 16.7 Å². The second-order valence-corrected chi connectivity index (χ2v) is 4.87. The highest BCUT2D eigenvalue weighted by Gasteiger charge is 2.10. The minimum absolute atomic E-state index is 0.487. The number of hydrogen-bond acceptors (Lipinski definition) is 2. The van der Waals surface area contributed by atoms with Crippen molar-refractivity contribution in [2.75, 3.05) is 5.32 Å². The van der Waals surface area contributed by atoms with E-state index in [2.05, 4.69) is 54.3 Å². The van der Waals surface area contributed by atoms with Crippen molar-refractivity contribution < 1.29 is 0 Å². The topological polar surface area (TPSA) is 40.7 Å². The van der Waals surface area contributed by atoms with Crippen molar-refractivity contribution in [3.63, 3.8) is 0 Å². The fourth-order valence-electron chi connectivity index (χ4n) is 1.99. The van der Waals surface area contributed by atoms with Gasteiger partial charge in [0.15, 0.2) is 0 Å². The number of aromatic nitrogens is 2. The third-order valence-electron chi connectivity index (χ3n) is 3.49. The smallest absolute Gasteiger partial charge is 0.104 e. The van der Waals surface area contributed by atoms with E-state index < -0.39 is 0 Å². The monoisotopic (exact) mass is 231 g/mol. The molecule has 0 bridgehead atoms. The zero-order chi connectivity index (χ0) is 12.4. The lowest BCUT2D eigenvalue weighted by Gasteiger charge is -2.21. The van der Waals surface area contributed by atoms with Crippen molar-refractivity contribution in [3.05, 3.63) is 24.0 Å². The standard InChI is InChI=1S/C14H21N3/c1-5-9(2)10(3)15-12-6-7-13-14(8-12)17-11(4)16-13/h6-10,15H,5H2,1-4H3,(H,16,17). The Morgan fingerprint density at radius 1 is 1.35 bits per heavy atom. The molecule has 2 atom stereocenters. The molecule has 2 aromatic rings. The Balaban J connectivity index is 2.18. The number of hydrogen-bond donors (Lipinski definition) is 2. The molecule has 2 N–H and O–H groups in total. The normalized spacial score (nSPS) is 14.8. The van der Waals surface area contributed by atoms with Gasteiger partial charge in [0.25, 0.3) is 0 Å². The summed E-state index contributed by atoms with van der Waals surface area (Å²) in [5.74, 6) is 1.64. The van der Waals surface area contributed by atoms with Gasteiger partial charge < -0.3 is 10.3 Å². The van der Waals surface area contributed by atoms with Gasteiger partial charge in [-0.3, -0.25) is 0 Å². The molecule has 17 heavy (non-hydrogen) atoms. The molecule has 1 aromatic carbocycles. The highest BCUT2D eigenvalue weighted by atomic mass is 14.9. The number of nitrogens with one attached hydrogen (secondary N) is 2. The number of H-pyrrole nitrogens is 1. The number of fused-ring (bicyclic) bond motifs is 1. The quantitative estimate of drug-likeness (QED) is 0.842. The van der Waals surface area contributed by atoms with Crippen molar-refractivity contribution in [1.82, 2.24) is 9.97 Å². The predicted molar refractivity (Wildman–Crippen MR) is 73.4 cm³/mol. The number of benzene rings is 1. The minimum atomic E-state index is 0.487. The first-order chi connectivity index (χ1) is 8.10. The summed E-state index contributed by atoms with van der Waals surface area (Å²) < 4.78 is 0. The van der Waals surface area contributed by atoms with Crippen LogP contribution in [0.25, 0.3) is 11.0 Å². The van der Waals surface area contributed by atoms with Crippen LogP contribution in [0.15, 0.2) is 18.2 Å². The van der Waals surface area contributed by atoms with Gasteiger partial charge >= 0.3 is 0 Å². The van der Waals surface area contributed by atoms with Crippen LogP contribution in [0.2, 0.25) is 0 Å². The number of nitrogens with zero attached hydrogens (tertiary/aromatic N) is 1. The molecular weight excluding hydrogens is 210 g/mol. The number of aryl methyl sites for hydroxylation is 1. The second kappa shape index (κ2) is 4.78. The first-order valence-electron chi connectivity index (χ1n) is 6.33. The Morgan fingerprint density at radius 2 is 2.12 bits per heavy atom. The maximum Gasteiger partial charge on any atom is 0.104 e. The molecule has 2 unspecified atom stereocenters. The van der Waals surface area contributed by atoms with Gasteiger partial charge in [0.1, 0.15) is 5.82 Å². The van der Waals surface area contributed by atoms with Gasteiger partial charge in [-0.15, -0.1) is 0 Å². The Morgan fingerprint density at radius 3 is 2.82 bits per heavy atom. The van der Waals surface area contributed by atoms with Gasteiger partial charge in [-0.1, -0.05) is 20.3 Å². The summed E-state index contributed by atoms with van der Waals surface area (Å²) in [5, 5.41) is 3.55. The van der Waals surface area contributed by atoms with E-state index in [4.69, 9.17) is 0 Å². The van der Waals surface area contributed by atoms with Gasteiger partial charge in [0.2, 0.25) is 0 Å². The average molecular weight is 231 g/mol. The Labute approximate surface area is 103 Å². The van der Waals surface area contributed by atoms with Gasteiger partial charge in [0, 0.05) is 11.7 Å². The summed E-state index contributed by atoms with van der Waals surface area (Å²) in [6.45, 7) is 8.71. The molecule has 92 valence electrons. The van der Waals surface area contributed by atoms with Crippen LogP contribution in [0.4, 0.5) is 5.69 Å². The lowest BCUT2D eigenvalue weighted by Crippen LogP contribution is -2.23. The molecule has 0 saturated carbocycles. The molecule has 0 spiro atoms. The molecule has 0 radical (unpaired) electrons. The molecule has 1 heterocycles. The number of anilines is 1. The van der Waals surface area contributed by atoms with Crippen LogP contribution in [0.1, 0.15) is 33.0 Å².